The lowest BCUT2D eigenvalue weighted by Crippen LogP contribution is -2.24. The quantitative estimate of drug-likeness (QED) is 0.307. The van der Waals surface area contributed by atoms with Crippen LogP contribution in [0.15, 0.2) is 97.1 Å². The molecule has 2 aromatic heterocycles. The third-order valence-electron chi connectivity index (χ3n) is 5.99. The number of benzene rings is 3. The average Bonchev–Trinajstić information content (AvgIpc) is 3.25. The van der Waals surface area contributed by atoms with Crippen LogP contribution in [-0.2, 0) is 12.0 Å². The minimum absolute atomic E-state index is 0.0508. The molecule has 5 aromatic rings. The highest BCUT2D eigenvalue weighted by molar-refractivity contribution is 5.94. The van der Waals surface area contributed by atoms with E-state index < -0.39 is 0 Å². The summed E-state index contributed by atoms with van der Waals surface area (Å²) in [6.07, 6.45) is 0. The zero-order valence-corrected chi connectivity index (χ0v) is 20.6. The number of amides is 1. The minimum Gasteiger partial charge on any atom is -0.438 e. The molecule has 0 aliphatic carbocycles. The second-order valence-electron chi connectivity index (χ2n) is 9.64. The summed E-state index contributed by atoms with van der Waals surface area (Å²) in [5.41, 5.74) is 5.07. The van der Waals surface area contributed by atoms with Gasteiger partial charge in [-0.05, 0) is 41.3 Å². The van der Waals surface area contributed by atoms with Gasteiger partial charge in [0.05, 0.1) is 17.9 Å². The standard InChI is InChI=1S/C30H28N4O2/c1-30(2,3)23-16-14-21(15-17-23)28-25(20-31-29(35)22-10-6-4-7-11-22)34-26(32-28)18-19-27(33-34)36-24-12-8-5-9-13-24/h4-19H,20H2,1-3H3,(H,31,35). The van der Waals surface area contributed by atoms with Crippen molar-refractivity contribution in [2.75, 3.05) is 0 Å². The van der Waals surface area contributed by atoms with E-state index in [0.717, 1.165) is 17.0 Å². The summed E-state index contributed by atoms with van der Waals surface area (Å²) in [5, 5.41) is 7.73. The van der Waals surface area contributed by atoms with Crippen LogP contribution in [0, 0.1) is 0 Å². The first kappa shape index (κ1) is 23.3. The molecule has 180 valence electrons. The number of carbonyl (C=O) groups is 1. The van der Waals surface area contributed by atoms with E-state index in [1.54, 1.807) is 22.7 Å². The number of hydrogen-bond donors (Lipinski definition) is 1. The number of rotatable bonds is 6. The second kappa shape index (κ2) is 9.66. The lowest BCUT2D eigenvalue weighted by atomic mass is 9.86. The Hall–Kier alpha value is -4.45. The maximum absolute atomic E-state index is 12.8. The van der Waals surface area contributed by atoms with Crippen molar-refractivity contribution in [1.82, 2.24) is 19.9 Å². The fourth-order valence-corrected chi connectivity index (χ4v) is 4.00. The average molecular weight is 477 g/mol. The summed E-state index contributed by atoms with van der Waals surface area (Å²) in [7, 11) is 0. The van der Waals surface area contributed by atoms with E-state index in [1.165, 1.54) is 5.56 Å². The number of imidazole rings is 1. The molecule has 1 amide bonds. The van der Waals surface area contributed by atoms with E-state index in [9.17, 15) is 4.79 Å². The van der Waals surface area contributed by atoms with Crippen molar-refractivity contribution in [3.63, 3.8) is 0 Å². The molecule has 0 aliphatic rings. The largest absolute Gasteiger partial charge is 0.438 e. The molecule has 6 nitrogen and oxygen atoms in total. The fraction of sp³-hybridized carbons (Fsp3) is 0.167. The number of para-hydroxylation sites is 1. The van der Waals surface area contributed by atoms with Gasteiger partial charge in [-0.3, -0.25) is 4.79 Å². The monoisotopic (exact) mass is 476 g/mol. The minimum atomic E-state index is -0.156. The van der Waals surface area contributed by atoms with Crippen molar-refractivity contribution in [2.45, 2.75) is 32.7 Å². The summed E-state index contributed by atoms with van der Waals surface area (Å²) in [4.78, 5) is 17.7. The molecule has 1 N–H and O–H groups in total. The van der Waals surface area contributed by atoms with E-state index in [2.05, 4.69) is 50.4 Å². The van der Waals surface area contributed by atoms with Crippen molar-refractivity contribution in [3.05, 3.63) is 114 Å². The van der Waals surface area contributed by atoms with Crippen LogP contribution in [0.1, 0.15) is 42.4 Å². The predicted octanol–water partition coefficient (Wildman–Crippen LogP) is 6.42. The lowest BCUT2D eigenvalue weighted by Gasteiger charge is -2.19. The molecule has 0 saturated heterocycles. The Bertz CT molecular complexity index is 1490. The Balaban J connectivity index is 1.53. The van der Waals surface area contributed by atoms with Crippen molar-refractivity contribution >= 4 is 11.6 Å². The van der Waals surface area contributed by atoms with E-state index in [0.29, 0.717) is 22.8 Å². The number of ether oxygens (including phenoxy) is 1. The smallest absolute Gasteiger partial charge is 0.251 e. The molecule has 0 radical (unpaired) electrons. The summed E-state index contributed by atoms with van der Waals surface area (Å²) >= 11 is 0. The van der Waals surface area contributed by atoms with Crippen LogP contribution >= 0.6 is 0 Å². The molecular weight excluding hydrogens is 448 g/mol. The van der Waals surface area contributed by atoms with Crippen molar-refractivity contribution in [3.8, 4) is 22.9 Å². The Morgan fingerprint density at radius 3 is 2.19 bits per heavy atom. The molecular formula is C30H28N4O2. The third-order valence-corrected chi connectivity index (χ3v) is 5.99. The molecule has 5 rings (SSSR count). The summed E-state index contributed by atoms with van der Waals surface area (Å²) in [6, 6.07) is 30.8. The fourth-order valence-electron chi connectivity index (χ4n) is 4.00. The maximum Gasteiger partial charge on any atom is 0.251 e. The van der Waals surface area contributed by atoms with Crippen LogP contribution in [0.2, 0.25) is 0 Å². The molecule has 0 atom stereocenters. The van der Waals surface area contributed by atoms with E-state index in [1.807, 2.05) is 54.6 Å². The molecule has 6 heteroatoms. The summed E-state index contributed by atoms with van der Waals surface area (Å²) in [5.74, 6) is 0.981. The van der Waals surface area contributed by atoms with Crippen LogP contribution in [0.3, 0.4) is 0 Å². The normalized spacial score (nSPS) is 11.4. The first-order valence-electron chi connectivity index (χ1n) is 11.9. The Morgan fingerprint density at radius 1 is 0.861 bits per heavy atom. The second-order valence-corrected chi connectivity index (χ2v) is 9.64. The SMILES string of the molecule is CC(C)(C)c1ccc(-c2nc3ccc(Oc4ccccc4)nn3c2CNC(=O)c2ccccc2)cc1. The first-order valence-corrected chi connectivity index (χ1v) is 11.9. The van der Waals surface area contributed by atoms with Crippen molar-refractivity contribution < 1.29 is 9.53 Å². The lowest BCUT2D eigenvalue weighted by molar-refractivity contribution is 0.0950. The van der Waals surface area contributed by atoms with Gasteiger partial charge in [0.1, 0.15) is 5.75 Å². The number of nitrogens with one attached hydrogen (secondary N) is 1. The van der Waals surface area contributed by atoms with Gasteiger partial charge in [-0.1, -0.05) is 81.4 Å². The Kier molecular flexibility index (Phi) is 6.25. The highest BCUT2D eigenvalue weighted by atomic mass is 16.5. The molecule has 0 aliphatic heterocycles. The molecule has 0 saturated carbocycles. The highest BCUT2D eigenvalue weighted by Crippen LogP contribution is 2.29. The predicted molar refractivity (Wildman–Crippen MR) is 141 cm³/mol. The Labute approximate surface area is 210 Å². The molecule has 2 heterocycles. The van der Waals surface area contributed by atoms with Gasteiger partial charge in [-0.2, -0.15) is 0 Å². The van der Waals surface area contributed by atoms with Crippen molar-refractivity contribution in [1.29, 1.82) is 0 Å². The highest BCUT2D eigenvalue weighted by Gasteiger charge is 2.19. The molecule has 0 bridgehead atoms. The van der Waals surface area contributed by atoms with Gasteiger partial charge in [0.25, 0.3) is 5.91 Å². The number of hydrogen-bond acceptors (Lipinski definition) is 4. The number of fused-ring (bicyclic) bond motifs is 1. The van der Waals surface area contributed by atoms with Crippen LogP contribution < -0.4 is 10.1 Å². The van der Waals surface area contributed by atoms with Gasteiger partial charge in [-0.15, -0.1) is 5.10 Å². The van der Waals surface area contributed by atoms with Crippen LogP contribution in [0.4, 0.5) is 0 Å². The number of carbonyl (C=O) groups excluding carboxylic acids is 1. The zero-order valence-electron chi connectivity index (χ0n) is 20.6. The molecule has 36 heavy (non-hydrogen) atoms. The number of nitrogens with zero attached hydrogens (tertiary/aromatic N) is 3. The summed E-state index contributed by atoms with van der Waals surface area (Å²) in [6.45, 7) is 6.83. The first-order chi connectivity index (χ1) is 17.4. The van der Waals surface area contributed by atoms with Crippen LogP contribution in [0.5, 0.6) is 11.6 Å². The molecule has 0 fully saturated rings. The van der Waals surface area contributed by atoms with Gasteiger partial charge >= 0.3 is 0 Å². The molecule has 0 unspecified atom stereocenters. The summed E-state index contributed by atoms with van der Waals surface area (Å²) < 4.78 is 7.70. The van der Waals surface area contributed by atoms with Gasteiger partial charge in [-0.25, -0.2) is 9.50 Å². The van der Waals surface area contributed by atoms with E-state index in [4.69, 9.17) is 14.8 Å². The number of aromatic nitrogens is 3. The zero-order chi connectivity index (χ0) is 25.1. The molecule has 0 spiro atoms. The van der Waals surface area contributed by atoms with Gasteiger partial charge < -0.3 is 10.1 Å². The van der Waals surface area contributed by atoms with Gasteiger partial charge in [0.2, 0.25) is 5.88 Å². The van der Waals surface area contributed by atoms with Crippen LogP contribution in [-0.4, -0.2) is 20.5 Å². The van der Waals surface area contributed by atoms with E-state index >= 15 is 0 Å². The molecule has 3 aromatic carbocycles. The van der Waals surface area contributed by atoms with Crippen LogP contribution in [0.25, 0.3) is 16.9 Å². The topological polar surface area (TPSA) is 68.5 Å². The van der Waals surface area contributed by atoms with Gasteiger partial charge in [0, 0.05) is 17.2 Å². The maximum atomic E-state index is 12.8. The van der Waals surface area contributed by atoms with Gasteiger partial charge in [0.15, 0.2) is 5.65 Å². The van der Waals surface area contributed by atoms with E-state index in [-0.39, 0.29) is 17.9 Å². The third kappa shape index (κ3) is 4.98. The van der Waals surface area contributed by atoms with Crippen molar-refractivity contribution in [2.24, 2.45) is 0 Å². The Morgan fingerprint density at radius 2 is 1.53 bits per heavy atom.